The van der Waals surface area contributed by atoms with Gasteiger partial charge in [-0.05, 0) is 19.8 Å². The average molecular weight is 198 g/mol. The van der Waals surface area contributed by atoms with Crippen LogP contribution in [0.3, 0.4) is 0 Å². The fraction of sp³-hybridized carbons (Fsp3) is 0.800. The molecule has 0 amide bonds. The quantitative estimate of drug-likeness (QED) is 0.464. The van der Waals surface area contributed by atoms with E-state index < -0.39 is 11.4 Å². The first-order valence-electron chi connectivity index (χ1n) is 4.92. The first-order chi connectivity index (χ1) is 6.63. The van der Waals surface area contributed by atoms with Gasteiger partial charge in [-0.1, -0.05) is 6.42 Å². The molecular weight excluding hydrogens is 184 g/mol. The summed E-state index contributed by atoms with van der Waals surface area (Å²) >= 11 is 0. The van der Waals surface area contributed by atoms with Crippen LogP contribution in [-0.2, 0) is 19.1 Å². The Morgan fingerprint density at radius 2 is 2.36 bits per heavy atom. The van der Waals surface area contributed by atoms with Crippen LogP contribution >= 0.6 is 0 Å². The highest BCUT2D eigenvalue weighted by Crippen LogP contribution is 2.52. The molecule has 14 heavy (non-hydrogen) atoms. The van der Waals surface area contributed by atoms with Crippen molar-refractivity contribution in [2.45, 2.75) is 32.3 Å². The molecule has 0 radical (unpaired) electrons. The molecule has 0 bridgehead atoms. The van der Waals surface area contributed by atoms with E-state index in [1.807, 2.05) is 6.92 Å². The summed E-state index contributed by atoms with van der Waals surface area (Å²) in [6, 6.07) is 0. The summed E-state index contributed by atoms with van der Waals surface area (Å²) in [6.45, 7) is 1.85. The largest absolute Gasteiger partial charge is 0.468 e. The van der Waals surface area contributed by atoms with E-state index in [0.717, 1.165) is 12.8 Å². The van der Waals surface area contributed by atoms with E-state index in [2.05, 4.69) is 0 Å². The minimum absolute atomic E-state index is 0.0162. The van der Waals surface area contributed by atoms with Crippen LogP contribution in [0.2, 0.25) is 0 Å². The van der Waals surface area contributed by atoms with Crippen molar-refractivity contribution < 1.29 is 19.1 Å². The highest BCUT2D eigenvalue weighted by Gasteiger charge is 2.63. The summed E-state index contributed by atoms with van der Waals surface area (Å²) < 4.78 is 9.83. The van der Waals surface area contributed by atoms with Gasteiger partial charge in [0.2, 0.25) is 0 Å². The van der Waals surface area contributed by atoms with Gasteiger partial charge in [0.05, 0.1) is 7.11 Å². The Morgan fingerprint density at radius 3 is 3.00 bits per heavy atom. The molecule has 1 saturated carbocycles. The van der Waals surface area contributed by atoms with Gasteiger partial charge in [0, 0.05) is 5.92 Å². The number of methoxy groups -OCH3 is 1. The van der Waals surface area contributed by atoms with Crippen molar-refractivity contribution in [3.63, 3.8) is 0 Å². The van der Waals surface area contributed by atoms with E-state index in [1.54, 1.807) is 0 Å². The molecule has 0 aromatic carbocycles. The van der Waals surface area contributed by atoms with Crippen LogP contribution in [0.4, 0.5) is 0 Å². The summed E-state index contributed by atoms with van der Waals surface area (Å²) in [7, 11) is 1.32. The predicted molar refractivity (Wildman–Crippen MR) is 47.3 cm³/mol. The number of hydrogen-bond acceptors (Lipinski definition) is 4. The van der Waals surface area contributed by atoms with Crippen molar-refractivity contribution in [2.24, 2.45) is 11.3 Å². The lowest BCUT2D eigenvalue weighted by Crippen LogP contribution is -2.39. The Labute approximate surface area is 82.6 Å². The molecule has 0 unspecified atom stereocenters. The fourth-order valence-electron chi connectivity index (χ4n) is 2.80. The van der Waals surface area contributed by atoms with E-state index in [4.69, 9.17) is 9.47 Å². The summed E-state index contributed by atoms with van der Waals surface area (Å²) in [4.78, 5) is 23.3. The van der Waals surface area contributed by atoms with E-state index in [9.17, 15) is 9.59 Å². The standard InChI is InChI=1S/C10H14O4/c1-6-7-4-3-5-10(7,8(11)13-2)9(12)14-6/h6-7H,3-5H2,1-2H3/t6-,7+,10+/m1/s1. The molecule has 2 aliphatic rings. The smallest absolute Gasteiger partial charge is 0.324 e. The minimum atomic E-state index is -0.978. The Kier molecular flexibility index (Phi) is 2.01. The summed E-state index contributed by atoms with van der Waals surface area (Å²) in [5.41, 5.74) is -0.978. The van der Waals surface area contributed by atoms with E-state index in [-0.39, 0.29) is 18.0 Å². The van der Waals surface area contributed by atoms with Crippen LogP contribution in [0.25, 0.3) is 0 Å². The predicted octanol–water partition coefficient (Wildman–Crippen LogP) is 0.891. The summed E-state index contributed by atoms with van der Waals surface area (Å²) in [5.74, 6) is -0.795. The molecule has 0 N–H and O–H groups in total. The Hall–Kier alpha value is -1.06. The van der Waals surface area contributed by atoms with Crippen LogP contribution in [0, 0.1) is 11.3 Å². The zero-order valence-electron chi connectivity index (χ0n) is 8.41. The maximum Gasteiger partial charge on any atom is 0.324 e. The fourth-order valence-corrected chi connectivity index (χ4v) is 2.80. The van der Waals surface area contributed by atoms with Gasteiger partial charge in [0.1, 0.15) is 6.10 Å². The van der Waals surface area contributed by atoms with Gasteiger partial charge in [-0.2, -0.15) is 0 Å². The topological polar surface area (TPSA) is 52.6 Å². The molecule has 4 heteroatoms. The van der Waals surface area contributed by atoms with Gasteiger partial charge in [-0.3, -0.25) is 9.59 Å². The van der Waals surface area contributed by atoms with Gasteiger partial charge < -0.3 is 9.47 Å². The Bertz CT molecular complexity index is 276. The van der Waals surface area contributed by atoms with Gasteiger partial charge >= 0.3 is 11.9 Å². The van der Waals surface area contributed by atoms with Crippen molar-refractivity contribution in [1.29, 1.82) is 0 Å². The summed E-state index contributed by atoms with van der Waals surface area (Å²) in [5, 5.41) is 0. The zero-order chi connectivity index (χ0) is 10.3. The van der Waals surface area contributed by atoms with Crippen molar-refractivity contribution in [3.05, 3.63) is 0 Å². The molecule has 78 valence electrons. The number of rotatable bonds is 1. The van der Waals surface area contributed by atoms with Crippen molar-refractivity contribution >= 4 is 11.9 Å². The third kappa shape index (κ3) is 0.938. The molecule has 4 nitrogen and oxygen atoms in total. The van der Waals surface area contributed by atoms with Crippen LogP contribution in [0.15, 0.2) is 0 Å². The molecule has 2 fully saturated rings. The first-order valence-corrected chi connectivity index (χ1v) is 4.92. The number of cyclic esters (lactones) is 1. The number of esters is 2. The molecule has 0 spiro atoms. The summed E-state index contributed by atoms with van der Waals surface area (Å²) in [6.07, 6.45) is 2.21. The highest BCUT2D eigenvalue weighted by molar-refractivity contribution is 6.02. The third-order valence-electron chi connectivity index (χ3n) is 3.49. The van der Waals surface area contributed by atoms with Gasteiger partial charge in [-0.15, -0.1) is 0 Å². The average Bonchev–Trinajstić information content (AvgIpc) is 2.68. The maximum absolute atomic E-state index is 11.7. The van der Waals surface area contributed by atoms with Crippen molar-refractivity contribution in [1.82, 2.24) is 0 Å². The zero-order valence-corrected chi connectivity index (χ0v) is 8.41. The van der Waals surface area contributed by atoms with Gasteiger partial charge in [0.15, 0.2) is 5.41 Å². The molecule has 2 rings (SSSR count). The Morgan fingerprint density at radius 1 is 1.64 bits per heavy atom. The molecule has 0 aromatic heterocycles. The van der Waals surface area contributed by atoms with Crippen LogP contribution in [-0.4, -0.2) is 25.2 Å². The molecule has 1 saturated heterocycles. The lowest BCUT2D eigenvalue weighted by atomic mass is 9.78. The number of fused-ring (bicyclic) bond motifs is 1. The second-order valence-electron chi connectivity index (χ2n) is 4.07. The number of ether oxygens (including phenoxy) is 2. The van der Waals surface area contributed by atoms with E-state index in [1.165, 1.54) is 7.11 Å². The van der Waals surface area contributed by atoms with Gasteiger partial charge in [0.25, 0.3) is 0 Å². The minimum Gasteiger partial charge on any atom is -0.468 e. The lowest BCUT2D eigenvalue weighted by Gasteiger charge is -2.21. The first kappa shape index (κ1) is 9.49. The number of carbonyl (C=O) groups is 2. The number of hydrogen-bond donors (Lipinski definition) is 0. The second-order valence-corrected chi connectivity index (χ2v) is 4.07. The second kappa shape index (κ2) is 2.97. The van der Waals surface area contributed by atoms with Crippen molar-refractivity contribution in [2.75, 3.05) is 7.11 Å². The monoisotopic (exact) mass is 198 g/mol. The molecule has 1 heterocycles. The third-order valence-corrected chi connectivity index (χ3v) is 3.49. The van der Waals surface area contributed by atoms with Crippen LogP contribution in [0.5, 0.6) is 0 Å². The molecule has 3 atom stereocenters. The molecule has 0 aromatic rings. The Balaban J connectivity index is 2.38. The van der Waals surface area contributed by atoms with E-state index in [0.29, 0.717) is 6.42 Å². The normalized spacial score (nSPS) is 40.6. The molecule has 1 aliphatic heterocycles. The van der Waals surface area contributed by atoms with Gasteiger partial charge in [-0.25, -0.2) is 0 Å². The number of carbonyl (C=O) groups excluding carboxylic acids is 2. The maximum atomic E-state index is 11.7. The molecule has 1 aliphatic carbocycles. The van der Waals surface area contributed by atoms with Crippen LogP contribution < -0.4 is 0 Å². The van der Waals surface area contributed by atoms with E-state index >= 15 is 0 Å². The SMILES string of the molecule is COC(=O)[C@]12CCC[C@H]1[C@@H](C)OC2=O. The molecular formula is C10H14O4. The lowest BCUT2D eigenvalue weighted by molar-refractivity contribution is -0.163. The van der Waals surface area contributed by atoms with Crippen molar-refractivity contribution in [3.8, 4) is 0 Å². The highest BCUT2D eigenvalue weighted by atomic mass is 16.6. The van der Waals surface area contributed by atoms with Crippen LogP contribution in [0.1, 0.15) is 26.2 Å².